The molecule has 7 heteroatoms. The van der Waals surface area contributed by atoms with Crippen molar-refractivity contribution >= 4 is 16.2 Å². The van der Waals surface area contributed by atoms with Gasteiger partial charge >= 0.3 is 6.09 Å². The Balaban J connectivity index is 2.40. The predicted octanol–water partition coefficient (Wildman–Crippen LogP) is 1.57. The molecule has 6 nitrogen and oxygen atoms in total. The van der Waals surface area contributed by atoms with Crippen LogP contribution < -0.4 is 5.32 Å². The smallest absolute Gasteiger partial charge is 0.408 e. The Labute approximate surface area is 108 Å². The maximum atomic E-state index is 11.6. The molecule has 18 heavy (non-hydrogen) atoms. The zero-order chi connectivity index (χ0) is 14.2. The third-order valence-electron chi connectivity index (χ3n) is 2.73. The summed E-state index contributed by atoms with van der Waals surface area (Å²) in [6.07, 6.45) is 0.535. The van der Waals surface area contributed by atoms with E-state index in [1.807, 2.05) is 6.92 Å². The highest BCUT2D eigenvalue weighted by atomic mass is 32.2. The summed E-state index contributed by atoms with van der Waals surface area (Å²) in [5, 5.41) is 2.73. The van der Waals surface area contributed by atoms with Crippen molar-refractivity contribution in [2.45, 2.75) is 51.7 Å². The van der Waals surface area contributed by atoms with Crippen LogP contribution >= 0.6 is 0 Å². The van der Waals surface area contributed by atoms with Gasteiger partial charge in [-0.2, -0.15) is 8.42 Å². The monoisotopic (exact) mass is 279 g/mol. The van der Waals surface area contributed by atoms with Crippen LogP contribution in [0.2, 0.25) is 0 Å². The number of amides is 1. The molecule has 0 aliphatic heterocycles. The normalized spacial score (nSPS) is 28.4. The van der Waals surface area contributed by atoms with Gasteiger partial charge in [-0.15, -0.1) is 0 Å². The molecule has 0 aromatic carbocycles. The van der Waals surface area contributed by atoms with Gasteiger partial charge in [-0.25, -0.2) is 4.79 Å². The maximum absolute atomic E-state index is 11.6. The number of alkyl carbamates (subject to hydrolysis) is 1. The van der Waals surface area contributed by atoms with Gasteiger partial charge in [0.1, 0.15) is 5.60 Å². The van der Waals surface area contributed by atoms with E-state index >= 15 is 0 Å². The predicted molar refractivity (Wildman–Crippen MR) is 66.9 cm³/mol. The molecule has 0 heterocycles. The number of nitrogens with one attached hydrogen (secondary N) is 1. The van der Waals surface area contributed by atoms with Crippen LogP contribution in [0.3, 0.4) is 0 Å². The molecule has 0 atom stereocenters. The molecule has 0 saturated heterocycles. The van der Waals surface area contributed by atoms with Crippen molar-refractivity contribution in [2.24, 2.45) is 5.92 Å². The van der Waals surface area contributed by atoms with Crippen LogP contribution in [0.25, 0.3) is 0 Å². The van der Waals surface area contributed by atoms with Gasteiger partial charge in [0, 0.05) is 5.54 Å². The van der Waals surface area contributed by atoms with Gasteiger partial charge < -0.3 is 10.1 Å². The number of ether oxygens (including phenoxy) is 1. The summed E-state index contributed by atoms with van der Waals surface area (Å²) in [4.78, 5) is 11.6. The highest BCUT2D eigenvalue weighted by molar-refractivity contribution is 7.85. The highest BCUT2D eigenvalue weighted by Crippen LogP contribution is 2.38. The van der Waals surface area contributed by atoms with Crippen molar-refractivity contribution < 1.29 is 22.5 Å². The summed E-state index contributed by atoms with van der Waals surface area (Å²) < 4.78 is 35.2. The van der Waals surface area contributed by atoms with Gasteiger partial charge in [-0.1, -0.05) is 0 Å². The Morgan fingerprint density at radius 2 is 1.94 bits per heavy atom. The molecule has 1 aliphatic carbocycles. The minimum atomic E-state index is -3.94. The third-order valence-corrected chi connectivity index (χ3v) is 3.62. The molecule has 106 valence electrons. The molecule has 1 rings (SSSR count). The lowest BCUT2D eigenvalue weighted by Crippen LogP contribution is -2.57. The molecule has 2 N–H and O–H groups in total. The average Bonchev–Trinajstić information content (AvgIpc) is 1.92. The van der Waals surface area contributed by atoms with E-state index in [9.17, 15) is 13.2 Å². The largest absolute Gasteiger partial charge is 0.444 e. The average molecular weight is 279 g/mol. The molecule has 0 radical (unpaired) electrons. The topological polar surface area (TPSA) is 92.7 Å². The van der Waals surface area contributed by atoms with Crippen molar-refractivity contribution in [3.63, 3.8) is 0 Å². The lowest BCUT2D eigenvalue weighted by Gasteiger charge is -2.45. The van der Waals surface area contributed by atoms with E-state index in [2.05, 4.69) is 5.32 Å². The zero-order valence-electron chi connectivity index (χ0n) is 11.2. The molecular weight excluding hydrogens is 258 g/mol. The van der Waals surface area contributed by atoms with Gasteiger partial charge in [0.25, 0.3) is 10.1 Å². The Hall–Kier alpha value is -0.820. The van der Waals surface area contributed by atoms with Crippen molar-refractivity contribution in [2.75, 3.05) is 5.75 Å². The first kappa shape index (κ1) is 15.2. The number of carbonyl (C=O) groups excluding carboxylic acids is 1. The van der Waals surface area contributed by atoms with Crippen molar-refractivity contribution in [1.29, 1.82) is 0 Å². The minimum absolute atomic E-state index is 0.111. The van der Waals surface area contributed by atoms with Crippen molar-refractivity contribution in [3.8, 4) is 0 Å². The quantitative estimate of drug-likeness (QED) is 0.765. The Morgan fingerprint density at radius 3 is 2.33 bits per heavy atom. The fraction of sp³-hybridized carbons (Fsp3) is 0.909. The van der Waals surface area contributed by atoms with Crippen LogP contribution in [0.15, 0.2) is 0 Å². The summed E-state index contributed by atoms with van der Waals surface area (Å²) in [6, 6.07) is 0. The number of hydrogen-bond donors (Lipinski definition) is 2. The summed E-state index contributed by atoms with van der Waals surface area (Å²) in [7, 11) is -3.94. The van der Waals surface area contributed by atoms with Crippen molar-refractivity contribution in [3.05, 3.63) is 0 Å². The lowest BCUT2D eigenvalue weighted by atomic mass is 9.70. The molecule has 0 spiro atoms. The Morgan fingerprint density at radius 1 is 1.44 bits per heavy atom. The molecule has 1 saturated carbocycles. The molecular formula is C11H21NO5S. The Kier molecular flexibility index (Phi) is 3.97. The van der Waals surface area contributed by atoms with Crippen LogP contribution in [0, 0.1) is 5.92 Å². The molecule has 0 bridgehead atoms. The molecule has 1 aliphatic rings. The van der Waals surface area contributed by atoms with E-state index in [4.69, 9.17) is 9.29 Å². The number of hydrogen-bond acceptors (Lipinski definition) is 4. The second-order valence-electron chi connectivity index (χ2n) is 6.21. The minimum Gasteiger partial charge on any atom is -0.444 e. The van der Waals surface area contributed by atoms with Gasteiger partial charge in [0.05, 0.1) is 5.75 Å². The van der Waals surface area contributed by atoms with E-state index in [1.165, 1.54) is 0 Å². The van der Waals surface area contributed by atoms with Gasteiger partial charge in [-0.3, -0.25) is 4.55 Å². The van der Waals surface area contributed by atoms with E-state index in [1.54, 1.807) is 20.8 Å². The van der Waals surface area contributed by atoms with E-state index in [0.717, 1.165) is 0 Å². The summed E-state index contributed by atoms with van der Waals surface area (Å²) in [5.74, 6) is -0.363. The standard InChI is InChI=1S/C11H21NO5S/c1-10(2,3)17-9(13)12-11(4)5-8(6-11)7-18(14,15)16/h8H,5-7H2,1-4H3,(H,12,13)(H,14,15,16). The second kappa shape index (κ2) is 4.70. The van der Waals surface area contributed by atoms with Crippen LogP contribution in [0.4, 0.5) is 4.79 Å². The van der Waals surface area contributed by atoms with Gasteiger partial charge in [0.2, 0.25) is 0 Å². The first-order valence-electron chi connectivity index (χ1n) is 5.85. The van der Waals surface area contributed by atoms with Crippen molar-refractivity contribution in [1.82, 2.24) is 5.32 Å². The van der Waals surface area contributed by atoms with Gasteiger partial charge in [-0.05, 0) is 46.5 Å². The van der Waals surface area contributed by atoms with E-state index in [0.29, 0.717) is 12.8 Å². The summed E-state index contributed by atoms with van der Waals surface area (Å²) in [6.45, 7) is 7.15. The maximum Gasteiger partial charge on any atom is 0.408 e. The van der Waals surface area contributed by atoms with Crippen LogP contribution in [0.1, 0.15) is 40.5 Å². The zero-order valence-corrected chi connectivity index (χ0v) is 12.0. The molecule has 1 amide bonds. The highest BCUT2D eigenvalue weighted by Gasteiger charge is 2.43. The molecule has 1 fully saturated rings. The lowest BCUT2D eigenvalue weighted by molar-refractivity contribution is 0.0346. The number of carbonyl (C=O) groups is 1. The molecule has 0 aromatic rings. The summed E-state index contributed by atoms with van der Waals surface area (Å²) in [5.41, 5.74) is -1.00. The SMILES string of the molecule is CC1(NC(=O)OC(C)(C)C)CC(CS(=O)(=O)O)C1. The Bertz CT molecular complexity index is 417. The van der Waals surface area contributed by atoms with Crippen LogP contribution in [-0.2, 0) is 14.9 Å². The van der Waals surface area contributed by atoms with Crippen LogP contribution in [0.5, 0.6) is 0 Å². The van der Waals surface area contributed by atoms with E-state index in [-0.39, 0.29) is 11.7 Å². The van der Waals surface area contributed by atoms with E-state index < -0.39 is 27.4 Å². The first-order chi connectivity index (χ1) is 7.89. The molecule has 0 aromatic heterocycles. The fourth-order valence-electron chi connectivity index (χ4n) is 2.28. The number of rotatable bonds is 3. The molecule has 0 unspecified atom stereocenters. The van der Waals surface area contributed by atoms with Crippen LogP contribution in [-0.4, -0.2) is 36.0 Å². The third kappa shape index (κ3) is 5.22. The first-order valence-corrected chi connectivity index (χ1v) is 7.46. The summed E-state index contributed by atoms with van der Waals surface area (Å²) >= 11 is 0. The fourth-order valence-corrected chi connectivity index (χ4v) is 3.11. The second-order valence-corrected chi connectivity index (χ2v) is 7.71. The van der Waals surface area contributed by atoms with Gasteiger partial charge in [0.15, 0.2) is 0 Å².